The van der Waals surface area contributed by atoms with E-state index in [1.807, 2.05) is 0 Å². The van der Waals surface area contributed by atoms with Gasteiger partial charge in [-0.15, -0.1) is 0 Å². The largest absolute Gasteiger partial charge is 0.352 e. The molecule has 0 saturated carbocycles. The van der Waals surface area contributed by atoms with E-state index in [0.29, 0.717) is 28.8 Å². The number of fused-ring (bicyclic) bond motifs is 1. The second kappa shape index (κ2) is 8.81. The lowest BCUT2D eigenvalue weighted by molar-refractivity contribution is -0.121. The van der Waals surface area contributed by atoms with E-state index in [0.717, 1.165) is 9.37 Å². The number of carbonyl (C=O) groups excluding carboxylic acids is 3. The molecule has 0 aliphatic carbocycles. The summed E-state index contributed by atoms with van der Waals surface area (Å²) in [5.74, 6) is -1.35. The van der Waals surface area contributed by atoms with Gasteiger partial charge in [-0.1, -0.05) is 22.0 Å². The third-order valence-corrected chi connectivity index (χ3v) is 5.50. The topological polar surface area (TPSA) is 84.3 Å². The minimum atomic E-state index is -0.415. The first-order valence-corrected chi connectivity index (χ1v) is 10.4. The van der Waals surface area contributed by atoms with E-state index in [1.165, 1.54) is 12.4 Å². The molecule has 0 atom stereocenters. The number of aromatic nitrogens is 2. The zero-order valence-electron chi connectivity index (χ0n) is 16.3. The van der Waals surface area contributed by atoms with E-state index >= 15 is 0 Å². The Morgan fingerprint density at radius 1 is 1.10 bits per heavy atom. The minimum Gasteiger partial charge on any atom is -0.352 e. The Balaban J connectivity index is 1.26. The second-order valence-corrected chi connectivity index (χ2v) is 8.00. The summed E-state index contributed by atoms with van der Waals surface area (Å²) in [6.07, 6.45) is 5.20. The van der Waals surface area contributed by atoms with E-state index in [-0.39, 0.29) is 37.2 Å². The highest BCUT2D eigenvalue weighted by Gasteiger charge is 2.35. The third-order valence-electron chi connectivity index (χ3n) is 5.00. The summed E-state index contributed by atoms with van der Waals surface area (Å²) < 4.78 is 16.6. The van der Waals surface area contributed by atoms with Crippen molar-refractivity contribution in [3.63, 3.8) is 0 Å². The highest BCUT2D eigenvalue weighted by molar-refractivity contribution is 9.10. The number of amides is 3. The Hall–Kier alpha value is -3.33. The van der Waals surface area contributed by atoms with E-state index in [9.17, 15) is 18.8 Å². The van der Waals surface area contributed by atoms with Crippen LogP contribution in [-0.4, -0.2) is 38.7 Å². The zero-order chi connectivity index (χ0) is 22.0. The van der Waals surface area contributed by atoms with Gasteiger partial charge in [0.25, 0.3) is 11.8 Å². The number of benzene rings is 2. The van der Waals surface area contributed by atoms with Crippen LogP contribution in [0.4, 0.5) is 4.39 Å². The van der Waals surface area contributed by atoms with Gasteiger partial charge in [-0.05, 0) is 42.3 Å². The summed E-state index contributed by atoms with van der Waals surface area (Å²) >= 11 is 3.30. The number of carbonyl (C=O) groups is 3. The Kier molecular flexibility index (Phi) is 5.94. The van der Waals surface area contributed by atoms with Gasteiger partial charge < -0.3 is 9.88 Å². The lowest BCUT2D eigenvalue weighted by Gasteiger charge is -2.13. The summed E-state index contributed by atoms with van der Waals surface area (Å²) in [6.45, 7) is 0.340. The molecule has 0 fully saturated rings. The molecule has 0 bridgehead atoms. The fraction of sp³-hybridized carbons (Fsp3) is 0.182. The van der Waals surface area contributed by atoms with Crippen LogP contribution in [0.25, 0.3) is 5.69 Å². The van der Waals surface area contributed by atoms with Gasteiger partial charge in [0.1, 0.15) is 5.82 Å². The Bertz CT molecular complexity index is 1160. The number of hydrogen-bond donors (Lipinski definition) is 1. The van der Waals surface area contributed by atoms with Crippen LogP contribution in [0.2, 0.25) is 0 Å². The summed E-state index contributed by atoms with van der Waals surface area (Å²) in [4.78, 5) is 42.0. The van der Waals surface area contributed by atoms with Crippen LogP contribution in [-0.2, 0) is 11.3 Å². The molecule has 0 radical (unpaired) electrons. The molecule has 0 saturated heterocycles. The summed E-state index contributed by atoms with van der Waals surface area (Å²) in [6, 6.07) is 9.68. The first-order chi connectivity index (χ1) is 14.9. The van der Waals surface area contributed by atoms with Crippen molar-refractivity contribution in [1.29, 1.82) is 0 Å². The SMILES string of the molecule is O=C(CCCN1C(=O)c2ccc(Br)cc2C1=O)NCc1ccc(-n2ccnc2)c(F)c1. The molecular weight excluding hydrogens is 467 g/mol. The highest BCUT2D eigenvalue weighted by atomic mass is 79.9. The number of nitrogens with one attached hydrogen (secondary N) is 1. The Morgan fingerprint density at radius 2 is 1.90 bits per heavy atom. The molecule has 31 heavy (non-hydrogen) atoms. The monoisotopic (exact) mass is 484 g/mol. The van der Waals surface area contributed by atoms with Crippen molar-refractivity contribution in [3.05, 3.63) is 82.1 Å². The molecule has 1 aliphatic rings. The lowest BCUT2D eigenvalue weighted by atomic mass is 10.1. The molecule has 0 unspecified atom stereocenters. The van der Waals surface area contributed by atoms with Gasteiger partial charge in [0.05, 0.1) is 23.1 Å². The van der Waals surface area contributed by atoms with Gasteiger partial charge in [0.15, 0.2) is 0 Å². The lowest BCUT2D eigenvalue weighted by Crippen LogP contribution is -2.32. The van der Waals surface area contributed by atoms with Crippen molar-refractivity contribution in [3.8, 4) is 5.69 Å². The average molecular weight is 485 g/mol. The number of imide groups is 1. The van der Waals surface area contributed by atoms with Crippen LogP contribution in [0.3, 0.4) is 0 Å². The smallest absolute Gasteiger partial charge is 0.261 e. The summed E-state index contributed by atoms with van der Waals surface area (Å²) in [5, 5.41) is 2.73. The predicted molar refractivity (Wildman–Crippen MR) is 114 cm³/mol. The van der Waals surface area contributed by atoms with Crippen molar-refractivity contribution in [2.75, 3.05) is 6.54 Å². The van der Waals surface area contributed by atoms with Gasteiger partial charge in [-0.3, -0.25) is 19.3 Å². The molecule has 9 heteroatoms. The van der Waals surface area contributed by atoms with Crippen molar-refractivity contribution < 1.29 is 18.8 Å². The Morgan fingerprint density at radius 3 is 2.65 bits per heavy atom. The number of rotatable bonds is 7. The van der Waals surface area contributed by atoms with Crippen molar-refractivity contribution in [2.24, 2.45) is 0 Å². The molecule has 3 amide bonds. The van der Waals surface area contributed by atoms with Gasteiger partial charge in [-0.25, -0.2) is 9.37 Å². The maximum Gasteiger partial charge on any atom is 0.261 e. The first-order valence-electron chi connectivity index (χ1n) is 9.63. The third kappa shape index (κ3) is 4.41. The average Bonchev–Trinajstić information content (AvgIpc) is 3.35. The molecule has 1 aliphatic heterocycles. The quantitative estimate of drug-likeness (QED) is 0.520. The fourth-order valence-electron chi connectivity index (χ4n) is 3.42. The second-order valence-electron chi connectivity index (χ2n) is 7.09. The predicted octanol–water partition coefficient (Wildman–Crippen LogP) is 3.47. The van der Waals surface area contributed by atoms with Crippen LogP contribution in [0.15, 0.2) is 59.6 Å². The highest BCUT2D eigenvalue weighted by Crippen LogP contribution is 2.26. The van der Waals surface area contributed by atoms with Crippen LogP contribution in [0.5, 0.6) is 0 Å². The molecular formula is C22H18BrFN4O3. The number of nitrogens with zero attached hydrogens (tertiary/aromatic N) is 3. The maximum absolute atomic E-state index is 14.3. The molecule has 0 spiro atoms. The molecule has 7 nitrogen and oxygen atoms in total. The van der Waals surface area contributed by atoms with Crippen LogP contribution in [0, 0.1) is 5.82 Å². The molecule has 158 valence electrons. The normalized spacial score (nSPS) is 12.9. The molecule has 4 rings (SSSR count). The van der Waals surface area contributed by atoms with Gasteiger partial charge in [-0.2, -0.15) is 0 Å². The van der Waals surface area contributed by atoms with Gasteiger partial charge >= 0.3 is 0 Å². The fourth-order valence-corrected chi connectivity index (χ4v) is 3.79. The number of hydrogen-bond acceptors (Lipinski definition) is 4. The standard InChI is InChI=1S/C22H18BrFN4O3/c23-15-4-5-16-17(11-15)22(31)28(21(16)30)8-1-2-20(29)26-12-14-3-6-19(18(24)10-14)27-9-7-25-13-27/h3-7,9-11,13H,1-2,8,12H2,(H,26,29). The van der Waals surface area contributed by atoms with Crippen molar-refractivity contribution >= 4 is 33.7 Å². The van der Waals surface area contributed by atoms with Crippen LogP contribution >= 0.6 is 15.9 Å². The molecule has 2 aromatic carbocycles. The summed E-state index contributed by atoms with van der Waals surface area (Å²) in [7, 11) is 0. The summed E-state index contributed by atoms with van der Waals surface area (Å²) in [5.41, 5.74) is 1.74. The van der Waals surface area contributed by atoms with E-state index < -0.39 is 5.82 Å². The number of halogens is 2. The first kappa shape index (κ1) is 20.9. The molecule has 1 N–H and O–H groups in total. The maximum atomic E-state index is 14.3. The number of imidazole rings is 1. The van der Waals surface area contributed by atoms with Gasteiger partial charge in [0.2, 0.25) is 5.91 Å². The van der Waals surface area contributed by atoms with Crippen molar-refractivity contribution in [2.45, 2.75) is 19.4 Å². The zero-order valence-corrected chi connectivity index (χ0v) is 17.9. The Labute approximate surface area is 186 Å². The van der Waals surface area contributed by atoms with Crippen LogP contribution in [0.1, 0.15) is 39.1 Å². The molecule has 1 aromatic heterocycles. The van der Waals surface area contributed by atoms with Crippen molar-refractivity contribution in [1.82, 2.24) is 19.8 Å². The van der Waals surface area contributed by atoms with E-state index in [1.54, 1.807) is 47.3 Å². The van der Waals surface area contributed by atoms with Gasteiger partial charge in [0, 0.05) is 36.4 Å². The minimum absolute atomic E-state index is 0.146. The van der Waals surface area contributed by atoms with E-state index in [4.69, 9.17) is 0 Å². The molecule has 3 aromatic rings. The molecule has 2 heterocycles. The van der Waals surface area contributed by atoms with Crippen LogP contribution < -0.4 is 5.32 Å². The van der Waals surface area contributed by atoms with E-state index in [2.05, 4.69) is 26.2 Å².